The van der Waals surface area contributed by atoms with Crippen LogP contribution in [0, 0.1) is 0 Å². The highest BCUT2D eigenvalue weighted by Crippen LogP contribution is 2.42. The molecule has 0 spiro atoms. The van der Waals surface area contributed by atoms with E-state index in [1.54, 1.807) is 6.20 Å². The van der Waals surface area contributed by atoms with Crippen molar-refractivity contribution in [3.05, 3.63) is 114 Å². The molecule has 5 heteroatoms. The fourth-order valence-corrected chi connectivity index (χ4v) is 5.31. The van der Waals surface area contributed by atoms with Gasteiger partial charge in [0, 0.05) is 28.5 Å². The number of hydrogen-bond donors (Lipinski definition) is 1. The summed E-state index contributed by atoms with van der Waals surface area (Å²) in [6.45, 7) is 13.0. The molecular weight excluding hydrogens is 516 g/mol. The Kier molecular flexibility index (Phi) is 6.69. The molecule has 42 heavy (non-hydrogen) atoms. The number of hydrogen-bond acceptors (Lipinski definition) is 4. The third-order valence-corrected chi connectivity index (χ3v) is 7.67. The van der Waals surface area contributed by atoms with E-state index in [0.717, 1.165) is 56.2 Å². The average Bonchev–Trinajstić information content (AvgIpc) is 3.36. The van der Waals surface area contributed by atoms with Crippen LogP contribution in [-0.2, 0) is 10.8 Å². The SMILES string of the molecule is CC(C)(C)c1cc(-c2cccc(-n3c(-c4ccccc4)nc4ccc(-c5ccccn5)cc43)n2)c(O)c(C(C)(C)C)c1. The van der Waals surface area contributed by atoms with Crippen LogP contribution >= 0.6 is 0 Å². The Morgan fingerprint density at radius 2 is 1.38 bits per heavy atom. The molecule has 210 valence electrons. The van der Waals surface area contributed by atoms with Crippen molar-refractivity contribution < 1.29 is 5.11 Å². The Hall–Kier alpha value is -4.77. The van der Waals surface area contributed by atoms with Gasteiger partial charge in [0.05, 0.1) is 22.4 Å². The minimum atomic E-state index is -0.236. The number of phenolic OH excluding ortho intramolecular Hbond substituents is 1. The quantitative estimate of drug-likeness (QED) is 0.237. The van der Waals surface area contributed by atoms with E-state index in [1.807, 2.05) is 60.7 Å². The Balaban J connectivity index is 1.60. The van der Waals surface area contributed by atoms with Crippen molar-refractivity contribution in [1.82, 2.24) is 19.5 Å². The predicted molar refractivity (Wildman–Crippen MR) is 172 cm³/mol. The average molecular weight is 553 g/mol. The molecule has 6 rings (SSSR count). The zero-order valence-electron chi connectivity index (χ0n) is 25.1. The van der Waals surface area contributed by atoms with Gasteiger partial charge in [0.25, 0.3) is 0 Å². The zero-order valence-corrected chi connectivity index (χ0v) is 25.1. The first-order valence-electron chi connectivity index (χ1n) is 14.4. The van der Waals surface area contributed by atoms with Crippen LogP contribution in [0.4, 0.5) is 0 Å². The van der Waals surface area contributed by atoms with Gasteiger partial charge in [-0.3, -0.25) is 9.55 Å². The topological polar surface area (TPSA) is 63.8 Å². The van der Waals surface area contributed by atoms with Gasteiger partial charge in [0.2, 0.25) is 0 Å². The van der Waals surface area contributed by atoms with Gasteiger partial charge in [-0.15, -0.1) is 0 Å². The lowest BCUT2D eigenvalue weighted by Gasteiger charge is -2.27. The van der Waals surface area contributed by atoms with Crippen LogP contribution in [0.3, 0.4) is 0 Å². The highest BCUT2D eigenvalue weighted by Gasteiger charge is 2.26. The maximum Gasteiger partial charge on any atom is 0.146 e. The summed E-state index contributed by atoms with van der Waals surface area (Å²) in [6, 6.07) is 32.5. The number of benzene rings is 3. The molecule has 0 amide bonds. The van der Waals surface area contributed by atoms with E-state index in [9.17, 15) is 5.11 Å². The zero-order chi connectivity index (χ0) is 29.6. The maximum absolute atomic E-state index is 11.6. The van der Waals surface area contributed by atoms with E-state index in [4.69, 9.17) is 9.97 Å². The van der Waals surface area contributed by atoms with Crippen molar-refractivity contribution >= 4 is 11.0 Å². The largest absolute Gasteiger partial charge is 0.507 e. The molecule has 0 atom stereocenters. The van der Waals surface area contributed by atoms with Crippen LogP contribution in [0.5, 0.6) is 5.75 Å². The third kappa shape index (κ3) is 5.07. The van der Waals surface area contributed by atoms with Gasteiger partial charge in [-0.05, 0) is 58.9 Å². The summed E-state index contributed by atoms with van der Waals surface area (Å²) < 4.78 is 2.11. The fraction of sp³-hybridized carbons (Fsp3) is 0.216. The van der Waals surface area contributed by atoms with Crippen molar-refractivity contribution in [1.29, 1.82) is 0 Å². The summed E-state index contributed by atoms with van der Waals surface area (Å²) in [4.78, 5) is 14.8. The molecule has 0 radical (unpaired) electrons. The molecule has 3 aromatic heterocycles. The molecule has 0 saturated heterocycles. The number of aromatic nitrogens is 4. The summed E-state index contributed by atoms with van der Waals surface area (Å²) in [5.74, 6) is 1.80. The van der Waals surface area contributed by atoms with Crippen molar-refractivity contribution in [2.45, 2.75) is 52.4 Å². The molecule has 6 aromatic rings. The van der Waals surface area contributed by atoms with Crippen LogP contribution in [0.2, 0.25) is 0 Å². The normalized spacial score (nSPS) is 12.1. The fourth-order valence-electron chi connectivity index (χ4n) is 5.31. The number of nitrogens with zero attached hydrogens (tertiary/aromatic N) is 4. The van der Waals surface area contributed by atoms with Crippen molar-refractivity contribution in [3.63, 3.8) is 0 Å². The standard InChI is InChI=1S/C37H36N4O/c1-36(2,3)26-22-27(34(42)28(23-26)37(4,5)6)30-16-12-17-33(39-30)41-32-21-25(29-15-10-11-20-38-29)18-19-31(32)40-35(41)24-13-8-7-9-14-24/h7-23,42H,1-6H3. The van der Waals surface area contributed by atoms with Crippen molar-refractivity contribution in [3.8, 4) is 45.5 Å². The molecule has 3 aromatic carbocycles. The lowest BCUT2D eigenvalue weighted by atomic mass is 9.78. The molecule has 0 bridgehead atoms. The number of aromatic hydroxyl groups is 1. The van der Waals surface area contributed by atoms with Crippen LogP contribution in [0.1, 0.15) is 52.7 Å². The van der Waals surface area contributed by atoms with Crippen LogP contribution in [0.25, 0.3) is 50.8 Å². The van der Waals surface area contributed by atoms with E-state index < -0.39 is 0 Å². The predicted octanol–water partition coefficient (Wildman–Crippen LogP) is 9.12. The molecular formula is C37H36N4O. The molecule has 0 fully saturated rings. The number of imidazole rings is 1. The molecule has 0 saturated carbocycles. The first-order valence-corrected chi connectivity index (χ1v) is 14.4. The highest BCUT2D eigenvalue weighted by atomic mass is 16.3. The number of phenols is 1. The van der Waals surface area contributed by atoms with Gasteiger partial charge < -0.3 is 5.11 Å². The van der Waals surface area contributed by atoms with Gasteiger partial charge in [-0.25, -0.2) is 9.97 Å². The van der Waals surface area contributed by atoms with E-state index in [1.165, 1.54) is 0 Å². The first-order chi connectivity index (χ1) is 20.0. The van der Waals surface area contributed by atoms with E-state index in [0.29, 0.717) is 5.69 Å². The van der Waals surface area contributed by atoms with Gasteiger partial charge >= 0.3 is 0 Å². The Bertz CT molecular complexity index is 1890. The van der Waals surface area contributed by atoms with Crippen LogP contribution in [0.15, 0.2) is 103 Å². The smallest absolute Gasteiger partial charge is 0.146 e. The number of pyridine rings is 2. The summed E-state index contributed by atoms with van der Waals surface area (Å²) >= 11 is 0. The highest BCUT2D eigenvalue weighted by molar-refractivity contribution is 5.87. The second-order valence-electron chi connectivity index (χ2n) is 12.9. The monoisotopic (exact) mass is 552 g/mol. The van der Waals surface area contributed by atoms with Crippen molar-refractivity contribution in [2.75, 3.05) is 0 Å². The van der Waals surface area contributed by atoms with E-state index in [-0.39, 0.29) is 16.6 Å². The minimum absolute atomic E-state index is 0.0943. The second-order valence-corrected chi connectivity index (χ2v) is 12.9. The molecule has 0 aliphatic rings. The van der Waals surface area contributed by atoms with Gasteiger partial charge in [-0.1, -0.05) is 96.1 Å². The Morgan fingerprint density at radius 3 is 2.07 bits per heavy atom. The molecule has 0 unspecified atom stereocenters. The van der Waals surface area contributed by atoms with Crippen molar-refractivity contribution in [2.24, 2.45) is 0 Å². The summed E-state index contributed by atoms with van der Waals surface area (Å²) in [6.07, 6.45) is 1.81. The summed E-state index contributed by atoms with van der Waals surface area (Å²) in [7, 11) is 0. The van der Waals surface area contributed by atoms with Crippen LogP contribution in [-0.4, -0.2) is 24.6 Å². The third-order valence-electron chi connectivity index (χ3n) is 7.67. The summed E-state index contributed by atoms with van der Waals surface area (Å²) in [5, 5.41) is 11.6. The van der Waals surface area contributed by atoms with E-state index in [2.05, 4.69) is 87.5 Å². The van der Waals surface area contributed by atoms with Gasteiger partial charge in [0.15, 0.2) is 0 Å². The summed E-state index contributed by atoms with van der Waals surface area (Å²) in [5.41, 5.74) is 7.88. The molecule has 1 N–H and O–H groups in total. The number of fused-ring (bicyclic) bond motifs is 1. The molecule has 3 heterocycles. The Morgan fingerprint density at radius 1 is 0.643 bits per heavy atom. The lowest BCUT2D eigenvalue weighted by Crippen LogP contribution is -2.17. The van der Waals surface area contributed by atoms with Crippen LogP contribution < -0.4 is 0 Å². The molecule has 5 nitrogen and oxygen atoms in total. The maximum atomic E-state index is 11.6. The first kappa shape index (κ1) is 27.4. The minimum Gasteiger partial charge on any atom is -0.507 e. The van der Waals surface area contributed by atoms with E-state index >= 15 is 0 Å². The lowest BCUT2D eigenvalue weighted by molar-refractivity contribution is 0.446. The molecule has 0 aliphatic heterocycles. The Labute approximate surface area is 247 Å². The number of rotatable bonds is 4. The van der Waals surface area contributed by atoms with Gasteiger partial charge in [-0.2, -0.15) is 0 Å². The second kappa shape index (κ2) is 10.3. The van der Waals surface area contributed by atoms with Gasteiger partial charge in [0.1, 0.15) is 17.4 Å². The molecule has 0 aliphatic carbocycles.